The van der Waals surface area contributed by atoms with Crippen molar-refractivity contribution in [2.75, 3.05) is 13.7 Å². The van der Waals surface area contributed by atoms with Gasteiger partial charge in [0, 0.05) is 19.6 Å². The molecule has 0 aromatic carbocycles. The Morgan fingerprint density at radius 3 is 2.75 bits per heavy atom. The number of nitrogens with one attached hydrogen (secondary N) is 1. The van der Waals surface area contributed by atoms with Crippen molar-refractivity contribution in [3.63, 3.8) is 0 Å². The van der Waals surface area contributed by atoms with Crippen LogP contribution in [0.3, 0.4) is 0 Å². The zero-order valence-corrected chi connectivity index (χ0v) is 12.9. The molecule has 0 aliphatic heterocycles. The van der Waals surface area contributed by atoms with Gasteiger partial charge in [-0.05, 0) is 32.7 Å². The second kappa shape index (κ2) is 7.18. The van der Waals surface area contributed by atoms with Crippen LogP contribution in [0, 0.1) is 0 Å². The fraction of sp³-hybridized carbons (Fsp3) is 0.867. The van der Waals surface area contributed by atoms with Crippen LogP contribution < -0.4 is 5.32 Å². The van der Waals surface area contributed by atoms with Gasteiger partial charge in [0.25, 0.3) is 0 Å². The van der Waals surface area contributed by atoms with Crippen LogP contribution in [0.1, 0.15) is 64.1 Å². The monoisotopic (exact) mass is 281 g/mol. The Bertz CT molecular complexity index is 400. The van der Waals surface area contributed by atoms with Gasteiger partial charge in [-0.25, -0.2) is 0 Å². The van der Waals surface area contributed by atoms with E-state index in [1.807, 2.05) is 0 Å². The van der Waals surface area contributed by atoms with E-state index in [9.17, 15) is 0 Å². The molecule has 1 saturated carbocycles. The predicted octanol–water partition coefficient (Wildman–Crippen LogP) is 2.81. The Kier molecular flexibility index (Phi) is 5.54. The third kappa shape index (κ3) is 3.58. The van der Waals surface area contributed by atoms with E-state index in [0.717, 1.165) is 43.9 Å². The first-order chi connectivity index (χ1) is 9.70. The molecule has 1 N–H and O–H groups in total. The molecule has 1 aromatic rings. The maximum Gasteiger partial charge on any atom is 0.226 e. The summed E-state index contributed by atoms with van der Waals surface area (Å²) in [5.74, 6) is 1.47. The number of aryl methyl sites for hydroxylation is 1. The van der Waals surface area contributed by atoms with E-state index >= 15 is 0 Å². The van der Waals surface area contributed by atoms with Crippen LogP contribution in [0.5, 0.6) is 0 Å². The lowest BCUT2D eigenvalue weighted by Crippen LogP contribution is -2.32. The summed E-state index contributed by atoms with van der Waals surface area (Å²) >= 11 is 0. The van der Waals surface area contributed by atoms with E-state index in [1.165, 1.54) is 19.3 Å². The van der Waals surface area contributed by atoms with Crippen molar-refractivity contribution in [1.29, 1.82) is 0 Å². The van der Waals surface area contributed by atoms with Crippen LogP contribution in [-0.4, -0.2) is 29.8 Å². The highest BCUT2D eigenvalue weighted by Crippen LogP contribution is 2.38. The van der Waals surface area contributed by atoms with Gasteiger partial charge in [0.05, 0.1) is 0 Å². The zero-order valence-electron chi connectivity index (χ0n) is 12.9. The Morgan fingerprint density at radius 1 is 1.35 bits per heavy atom. The second-order valence-electron chi connectivity index (χ2n) is 5.77. The average molecular weight is 281 g/mol. The average Bonchev–Trinajstić information content (AvgIpc) is 2.96. The van der Waals surface area contributed by atoms with Crippen molar-refractivity contribution >= 4 is 0 Å². The first-order valence-corrected chi connectivity index (χ1v) is 7.82. The molecule has 0 saturated heterocycles. The highest BCUT2D eigenvalue weighted by Gasteiger charge is 2.38. The molecule has 20 heavy (non-hydrogen) atoms. The Morgan fingerprint density at radius 2 is 2.10 bits per heavy atom. The first-order valence-electron chi connectivity index (χ1n) is 7.82. The van der Waals surface area contributed by atoms with Gasteiger partial charge >= 0.3 is 0 Å². The van der Waals surface area contributed by atoms with Crippen molar-refractivity contribution in [2.24, 2.45) is 0 Å². The van der Waals surface area contributed by atoms with E-state index in [4.69, 9.17) is 9.26 Å². The number of ether oxygens (including phenoxy) is 1. The molecular weight excluding hydrogens is 254 g/mol. The molecule has 1 aromatic heterocycles. The summed E-state index contributed by atoms with van der Waals surface area (Å²) in [7, 11) is 1.76. The summed E-state index contributed by atoms with van der Waals surface area (Å²) in [5, 5.41) is 7.57. The van der Waals surface area contributed by atoms with E-state index in [1.54, 1.807) is 7.11 Å². The van der Waals surface area contributed by atoms with Gasteiger partial charge < -0.3 is 14.6 Å². The number of hydrogen-bond donors (Lipinski definition) is 1. The molecule has 1 unspecified atom stereocenters. The van der Waals surface area contributed by atoms with Crippen LogP contribution >= 0.6 is 0 Å². The van der Waals surface area contributed by atoms with Crippen molar-refractivity contribution in [3.8, 4) is 0 Å². The van der Waals surface area contributed by atoms with Gasteiger partial charge in [0.1, 0.15) is 5.60 Å². The fourth-order valence-corrected chi connectivity index (χ4v) is 2.97. The van der Waals surface area contributed by atoms with Crippen molar-refractivity contribution in [1.82, 2.24) is 15.5 Å². The van der Waals surface area contributed by atoms with Crippen molar-refractivity contribution < 1.29 is 9.26 Å². The van der Waals surface area contributed by atoms with Gasteiger partial charge in [0.15, 0.2) is 0 Å². The maximum absolute atomic E-state index is 5.74. The summed E-state index contributed by atoms with van der Waals surface area (Å²) in [5.41, 5.74) is -0.312. The maximum atomic E-state index is 5.74. The number of aromatic nitrogens is 2. The van der Waals surface area contributed by atoms with Crippen LogP contribution in [0.4, 0.5) is 0 Å². The molecule has 1 fully saturated rings. The minimum Gasteiger partial charge on any atom is -0.370 e. The third-order valence-electron chi connectivity index (χ3n) is 4.27. The molecule has 5 heteroatoms. The van der Waals surface area contributed by atoms with Gasteiger partial charge in [0.2, 0.25) is 11.7 Å². The van der Waals surface area contributed by atoms with Crippen molar-refractivity contribution in [3.05, 3.63) is 11.7 Å². The Hall–Kier alpha value is -0.940. The van der Waals surface area contributed by atoms with Crippen molar-refractivity contribution in [2.45, 2.75) is 70.4 Å². The van der Waals surface area contributed by atoms with Crippen LogP contribution in [-0.2, 0) is 16.8 Å². The van der Waals surface area contributed by atoms with Gasteiger partial charge in [-0.15, -0.1) is 0 Å². The molecule has 2 rings (SSSR count). The number of rotatable bonds is 7. The SMILES string of the molecule is CCNC(C)CCc1nc(C2(OC)CCCCC2)no1. The standard InChI is InChI=1S/C15H27N3O2/c1-4-16-12(2)8-9-13-17-14(18-20-13)15(19-3)10-6-5-7-11-15/h12,16H,4-11H2,1-3H3. The first kappa shape index (κ1) is 15.4. The molecule has 0 amide bonds. The normalized spacial score (nSPS) is 19.9. The highest BCUT2D eigenvalue weighted by molar-refractivity contribution is 5.03. The molecule has 0 bridgehead atoms. The topological polar surface area (TPSA) is 60.2 Å². The lowest BCUT2D eigenvalue weighted by molar-refractivity contribution is -0.0527. The fourth-order valence-electron chi connectivity index (χ4n) is 2.97. The molecule has 1 atom stereocenters. The van der Waals surface area contributed by atoms with Crippen LogP contribution in [0.25, 0.3) is 0 Å². The summed E-state index contributed by atoms with van der Waals surface area (Å²) in [6.07, 6.45) is 7.45. The van der Waals surface area contributed by atoms with E-state index in [0.29, 0.717) is 6.04 Å². The summed E-state index contributed by atoms with van der Waals surface area (Å²) < 4.78 is 11.1. The lowest BCUT2D eigenvalue weighted by atomic mass is 9.84. The summed E-state index contributed by atoms with van der Waals surface area (Å²) in [4.78, 5) is 4.58. The Labute approximate surface area is 121 Å². The van der Waals surface area contributed by atoms with E-state index in [2.05, 4.69) is 29.3 Å². The van der Waals surface area contributed by atoms with Crippen LogP contribution in [0.2, 0.25) is 0 Å². The summed E-state index contributed by atoms with van der Waals surface area (Å²) in [6, 6.07) is 0.474. The zero-order chi connectivity index (χ0) is 14.4. The number of nitrogens with zero attached hydrogens (tertiary/aromatic N) is 2. The summed E-state index contributed by atoms with van der Waals surface area (Å²) in [6.45, 7) is 5.29. The molecule has 114 valence electrons. The second-order valence-corrected chi connectivity index (χ2v) is 5.77. The smallest absolute Gasteiger partial charge is 0.226 e. The third-order valence-corrected chi connectivity index (χ3v) is 4.27. The van der Waals surface area contributed by atoms with E-state index in [-0.39, 0.29) is 5.60 Å². The Balaban J connectivity index is 1.97. The van der Waals surface area contributed by atoms with Crippen LogP contribution in [0.15, 0.2) is 4.52 Å². The van der Waals surface area contributed by atoms with Gasteiger partial charge in [-0.1, -0.05) is 31.3 Å². The predicted molar refractivity (Wildman–Crippen MR) is 77.5 cm³/mol. The minimum atomic E-state index is -0.312. The molecular formula is C15H27N3O2. The molecule has 1 aliphatic carbocycles. The minimum absolute atomic E-state index is 0.312. The lowest BCUT2D eigenvalue weighted by Gasteiger charge is -2.32. The molecule has 0 radical (unpaired) electrons. The van der Waals surface area contributed by atoms with Gasteiger partial charge in [-0.2, -0.15) is 4.98 Å². The largest absolute Gasteiger partial charge is 0.370 e. The number of hydrogen-bond acceptors (Lipinski definition) is 5. The highest BCUT2D eigenvalue weighted by atomic mass is 16.5. The molecule has 5 nitrogen and oxygen atoms in total. The molecule has 1 heterocycles. The molecule has 0 spiro atoms. The quantitative estimate of drug-likeness (QED) is 0.832. The molecule has 1 aliphatic rings. The van der Waals surface area contributed by atoms with Gasteiger partial charge in [-0.3, -0.25) is 0 Å². The van der Waals surface area contributed by atoms with E-state index < -0.39 is 0 Å². The number of methoxy groups -OCH3 is 1.